The Hall–Kier alpha value is -2.17. The molecule has 1 fully saturated rings. The van der Waals surface area contributed by atoms with Gasteiger partial charge in [-0.3, -0.25) is 4.79 Å². The minimum atomic E-state index is -0.266. The van der Waals surface area contributed by atoms with E-state index in [4.69, 9.17) is 14.2 Å². The zero-order valence-electron chi connectivity index (χ0n) is 14.5. The van der Waals surface area contributed by atoms with Crippen molar-refractivity contribution >= 4 is 5.97 Å². The Balaban J connectivity index is 1.57. The Kier molecular flexibility index (Phi) is 6.20. The van der Waals surface area contributed by atoms with Crippen LogP contribution < -0.4 is 0 Å². The molecule has 1 aliphatic heterocycles. The van der Waals surface area contributed by atoms with Crippen LogP contribution in [-0.4, -0.2) is 24.8 Å². The summed E-state index contributed by atoms with van der Waals surface area (Å²) in [7, 11) is 0. The van der Waals surface area contributed by atoms with Crippen LogP contribution >= 0.6 is 0 Å². The van der Waals surface area contributed by atoms with E-state index in [0.29, 0.717) is 26.2 Å². The second-order valence-corrected chi connectivity index (χ2v) is 6.45. The van der Waals surface area contributed by atoms with Crippen molar-refractivity contribution < 1.29 is 19.0 Å². The summed E-state index contributed by atoms with van der Waals surface area (Å²) < 4.78 is 17.4. The van der Waals surface area contributed by atoms with Crippen molar-refractivity contribution in [1.82, 2.24) is 0 Å². The molecule has 3 rings (SSSR count). The Labute approximate surface area is 148 Å². The van der Waals surface area contributed by atoms with Crippen LogP contribution in [-0.2, 0) is 32.2 Å². The van der Waals surface area contributed by atoms with E-state index < -0.39 is 0 Å². The summed E-state index contributed by atoms with van der Waals surface area (Å²) in [6.45, 7) is 3.28. The molecule has 0 N–H and O–H groups in total. The lowest BCUT2D eigenvalue weighted by Gasteiger charge is -2.23. The van der Waals surface area contributed by atoms with Gasteiger partial charge < -0.3 is 14.2 Å². The van der Waals surface area contributed by atoms with Gasteiger partial charge in [0.15, 0.2) is 0 Å². The summed E-state index contributed by atoms with van der Waals surface area (Å²) in [5.41, 5.74) is 2.20. The largest absolute Gasteiger partial charge is 0.459 e. The normalized spacial score (nSPS) is 21.1. The minimum absolute atomic E-state index is 0.0815. The van der Waals surface area contributed by atoms with E-state index in [1.807, 2.05) is 67.6 Å². The first-order chi connectivity index (χ1) is 12.2. The van der Waals surface area contributed by atoms with Crippen molar-refractivity contribution in [2.45, 2.75) is 38.8 Å². The molecule has 0 aromatic heterocycles. The maximum absolute atomic E-state index is 11.7. The number of carbonyl (C=O) groups excluding carboxylic acids is 1. The first-order valence-electron chi connectivity index (χ1n) is 8.70. The average Bonchev–Trinajstić information content (AvgIpc) is 2.98. The molecule has 3 unspecified atom stereocenters. The molecule has 1 aliphatic rings. The highest BCUT2D eigenvalue weighted by atomic mass is 16.6. The SMILES string of the molecule is CC1CC(C(COCc2ccccc2)OCc2ccccc2)OC1=O. The van der Waals surface area contributed by atoms with Crippen LogP contribution in [0.1, 0.15) is 24.5 Å². The minimum Gasteiger partial charge on any atom is -0.459 e. The molecule has 0 spiro atoms. The quantitative estimate of drug-likeness (QED) is 0.687. The van der Waals surface area contributed by atoms with Crippen molar-refractivity contribution in [3.8, 4) is 0 Å². The molecule has 0 amide bonds. The molecule has 2 aromatic rings. The Morgan fingerprint density at radius 3 is 2.16 bits per heavy atom. The number of hydrogen-bond donors (Lipinski definition) is 0. The number of benzene rings is 2. The maximum Gasteiger partial charge on any atom is 0.309 e. The molecule has 3 atom stereocenters. The molecule has 132 valence electrons. The third-order valence-electron chi connectivity index (χ3n) is 4.37. The van der Waals surface area contributed by atoms with Crippen LogP contribution in [0.5, 0.6) is 0 Å². The number of carbonyl (C=O) groups is 1. The molecule has 25 heavy (non-hydrogen) atoms. The molecule has 2 aromatic carbocycles. The lowest BCUT2D eigenvalue weighted by Crippen LogP contribution is -2.33. The van der Waals surface area contributed by atoms with E-state index in [1.54, 1.807) is 0 Å². The van der Waals surface area contributed by atoms with Gasteiger partial charge in [-0.25, -0.2) is 0 Å². The molecular formula is C21H24O4. The molecule has 1 saturated heterocycles. The standard InChI is InChI=1S/C21H24O4/c1-16-12-19(25-21(16)22)20(24-14-18-10-6-3-7-11-18)15-23-13-17-8-4-2-5-9-17/h2-11,16,19-20H,12-15H2,1H3. The molecule has 4 heteroatoms. The van der Waals surface area contributed by atoms with E-state index in [9.17, 15) is 4.79 Å². The van der Waals surface area contributed by atoms with Crippen LogP contribution in [0, 0.1) is 5.92 Å². The van der Waals surface area contributed by atoms with Gasteiger partial charge in [0.2, 0.25) is 0 Å². The fourth-order valence-electron chi connectivity index (χ4n) is 2.89. The van der Waals surface area contributed by atoms with Gasteiger partial charge in [-0.2, -0.15) is 0 Å². The van der Waals surface area contributed by atoms with Gasteiger partial charge in [0.05, 0.1) is 25.7 Å². The van der Waals surface area contributed by atoms with Gasteiger partial charge in [0, 0.05) is 6.42 Å². The first kappa shape index (κ1) is 17.6. The van der Waals surface area contributed by atoms with E-state index in [-0.39, 0.29) is 24.1 Å². The molecule has 0 saturated carbocycles. The molecular weight excluding hydrogens is 316 g/mol. The third-order valence-corrected chi connectivity index (χ3v) is 4.37. The predicted molar refractivity (Wildman–Crippen MR) is 94.8 cm³/mol. The Morgan fingerprint density at radius 1 is 1.00 bits per heavy atom. The van der Waals surface area contributed by atoms with Gasteiger partial charge in [-0.05, 0) is 11.1 Å². The topological polar surface area (TPSA) is 44.8 Å². The van der Waals surface area contributed by atoms with Gasteiger partial charge in [-0.1, -0.05) is 67.6 Å². The van der Waals surface area contributed by atoms with E-state index in [1.165, 1.54) is 0 Å². The van der Waals surface area contributed by atoms with Crippen LogP contribution in [0.15, 0.2) is 60.7 Å². The zero-order chi connectivity index (χ0) is 17.5. The van der Waals surface area contributed by atoms with Crippen molar-refractivity contribution in [1.29, 1.82) is 0 Å². The Morgan fingerprint density at radius 2 is 1.60 bits per heavy atom. The number of esters is 1. The monoisotopic (exact) mass is 340 g/mol. The van der Waals surface area contributed by atoms with Crippen LogP contribution in [0.25, 0.3) is 0 Å². The van der Waals surface area contributed by atoms with Crippen molar-refractivity contribution in [3.05, 3.63) is 71.8 Å². The average molecular weight is 340 g/mol. The van der Waals surface area contributed by atoms with Gasteiger partial charge in [-0.15, -0.1) is 0 Å². The van der Waals surface area contributed by atoms with Crippen molar-refractivity contribution in [2.24, 2.45) is 5.92 Å². The molecule has 0 radical (unpaired) electrons. The van der Waals surface area contributed by atoms with Gasteiger partial charge >= 0.3 is 5.97 Å². The molecule has 0 aliphatic carbocycles. The van der Waals surface area contributed by atoms with Crippen LogP contribution in [0.2, 0.25) is 0 Å². The third kappa shape index (κ3) is 5.15. The van der Waals surface area contributed by atoms with E-state index in [0.717, 1.165) is 11.1 Å². The fourth-order valence-corrected chi connectivity index (χ4v) is 2.89. The molecule has 0 bridgehead atoms. The van der Waals surface area contributed by atoms with Crippen LogP contribution in [0.4, 0.5) is 0 Å². The highest BCUT2D eigenvalue weighted by Gasteiger charge is 2.37. The second kappa shape index (κ2) is 8.79. The zero-order valence-corrected chi connectivity index (χ0v) is 14.5. The predicted octanol–water partition coefficient (Wildman–Crippen LogP) is 3.74. The van der Waals surface area contributed by atoms with Crippen molar-refractivity contribution in [3.63, 3.8) is 0 Å². The lowest BCUT2D eigenvalue weighted by atomic mass is 10.0. The number of hydrogen-bond acceptors (Lipinski definition) is 4. The number of rotatable bonds is 8. The van der Waals surface area contributed by atoms with Crippen molar-refractivity contribution in [2.75, 3.05) is 6.61 Å². The van der Waals surface area contributed by atoms with E-state index >= 15 is 0 Å². The first-order valence-corrected chi connectivity index (χ1v) is 8.70. The fraction of sp³-hybridized carbons (Fsp3) is 0.381. The number of ether oxygens (including phenoxy) is 3. The van der Waals surface area contributed by atoms with Gasteiger partial charge in [0.25, 0.3) is 0 Å². The summed E-state index contributed by atoms with van der Waals surface area (Å²) in [6, 6.07) is 20.0. The number of cyclic esters (lactones) is 1. The van der Waals surface area contributed by atoms with E-state index in [2.05, 4.69) is 0 Å². The Bertz CT molecular complexity index is 656. The summed E-state index contributed by atoms with van der Waals surface area (Å²) in [5, 5.41) is 0. The summed E-state index contributed by atoms with van der Waals surface area (Å²) in [4.78, 5) is 11.7. The molecule has 4 nitrogen and oxygen atoms in total. The highest BCUT2D eigenvalue weighted by molar-refractivity contribution is 5.74. The van der Waals surface area contributed by atoms with Crippen LogP contribution in [0.3, 0.4) is 0 Å². The van der Waals surface area contributed by atoms with Gasteiger partial charge in [0.1, 0.15) is 12.2 Å². The summed E-state index contributed by atoms with van der Waals surface area (Å²) in [6.07, 6.45) is 0.160. The second-order valence-electron chi connectivity index (χ2n) is 6.45. The maximum atomic E-state index is 11.7. The highest BCUT2D eigenvalue weighted by Crippen LogP contribution is 2.25. The summed E-state index contributed by atoms with van der Waals surface area (Å²) >= 11 is 0. The molecule has 1 heterocycles. The summed E-state index contributed by atoms with van der Waals surface area (Å²) in [5.74, 6) is -0.233. The smallest absolute Gasteiger partial charge is 0.309 e. The lowest BCUT2D eigenvalue weighted by molar-refractivity contribution is -0.153.